The van der Waals surface area contributed by atoms with Gasteiger partial charge in [-0.1, -0.05) is 13.0 Å². The minimum absolute atomic E-state index is 0.366. The lowest BCUT2D eigenvalue weighted by Gasteiger charge is -2.36. The summed E-state index contributed by atoms with van der Waals surface area (Å²) < 4.78 is 4.70. The smallest absolute Gasteiger partial charge is 0.356 e. The molecule has 110 valence electrons. The van der Waals surface area contributed by atoms with Crippen molar-refractivity contribution in [3.8, 4) is 0 Å². The van der Waals surface area contributed by atoms with Gasteiger partial charge in [-0.3, -0.25) is 4.90 Å². The van der Waals surface area contributed by atoms with Gasteiger partial charge >= 0.3 is 5.97 Å². The van der Waals surface area contributed by atoms with Gasteiger partial charge in [0.05, 0.1) is 12.8 Å². The van der Waals surface area contributed by atoms with Crippen molar-refractivity contribution >= 4 is 5.97 Å². The van der Waals surface area contributed by atoms with Crippen LogP contribution >= 0.6 is 0 Å². The molecule has 2 atom stereocenters. The summed E-state index contributed by atoms with van der Waals surface area (Å²) >= 11 is 0. The van der Waals surface area contributed by atoms with Crippen LogP contribution in [-0.4, -0.2) is 42.6 Å². The molecule has 0 aromatic carbocycles. The summed E-state index contributed by atoms with van der Waals surface area (Å²) in [5.41, 5.74) is 7.10. The third-order valence-corrected chi connectivity index (χ3v) is 4.09. The van der Waals surface area contributed by atoms with Gasteiger partial charge < -0.3 is 10.5 Å². The molecule has 20 heavy (non-hydrogen) atoms. The van der Waals surface area contributed by atoms with Gasteiger partial charge in [-0.2, -0.15) is 0 Å². The molecule has 2 N–H and O–H groups in total. The van der Waals surface area contributed by atoms with Gasteiger partial charge in [-0.05, 0) is 43.5 Å². The van der Waals surface area contributed by atoms with Crippen LogP contribution in [0.3, 0.4) is 0 Å². The SMILES string of the molecule is COC(=O)c1cccc(CN2CCC(C)C(CN)C2)n1. The molecular formula is C15H23N3O2. The number of hydrogen-bond donors (Lipinski definition) is 1. The van der Waals surface area contributed by atoms with E-state index in [0.29, 0.717) is 17.5 Å². The van der Waals surface area contributed by atoms with E-state index < -0.39 is 0 Å². The van der Waals surface area contributed by atoms with Crippen molar-refractivity contribution in [2.75, 3.05) is 26.7 Å². The molecule has 2 heterocycles. The highest BCUT2D eigenvalue weighted by atomic mass is 16.5. The number of hydrogen-bond acceptors (Lipinski definition) is 5. The maximum absolute atomic E-state index is 11.5. The van der Waals surface area contributed by atoms with Crippen LogP contribution in [0.2, 0.25) is 0 Å². The zero-order chi connectivity index (χ0) is 14.5. The van der Waals surface area contributed by atoms with Crippen molar-refractivity contribution in [1.29, 1.82) is 0 Å². The van der Waals surface area contributed by atoms with Crippen LogP contribution in [0.5, 0.6) is 0 Å². The fraction of sp³-hybridized carbons (Fsp3) is 0.600. The van der Waals surface area contributed by atoms with Gasteiger partial charge in [0.1, 0.15) is 5.69 Å². The van der Waals surface area contributed by atoms with Crippen LogP contribution in [0.1, 0.15) is 29.5 Å². The summed E-state index contributed by atoms with van der Waals surface area (Å²) in [6, 6.07) is 5.47. The minimum atomic E-state index is -0.390. The number of pyridine rings is 1. The van der Waals surface area contributed by atoms with E-state index in [1.165, 1.54) is 13.5 Å². The highest BCUT2D eigenvalue weighted by Gasteiger charge is 2.25. The number of aromatic nitrogens is 1. The molecule has 1 aliphatic heterocycles. The van der Waals surface area contributed by atoms with Gasteiger partial charge in [0, 0.05) is 13.1 Å². The van der Waals surface area contributed by atoms with E-state index in [2.05, 4.69) is 16.8 Å². The fourth-order valence-electron chi connectivity index (χ4n) is 2.69. The number of nitrogens with two attached hydrogens (primary N) is 1. The maximum atomic E-state index is 11.5. The second-order valence-corrected chi connectivity index (χ2v) is 5.50. The van der Waals surface area contributed by atoms with E-state index in [0.717, 1.165) is 31.9 Å². The van der Waals surface area contributed by atoms with Crippen LogP contribution in [0.25, 0.3) is 0 Å². The molecule has 0 spiro atoms. The van der Waals surface area contributed by atoms with Crippen LogP contribution < -0.4 is 5.73 Å². The zero-order valence-corrected chi connectivity index (χ0v) is 12.2. The predicted octanol–water partition coefficient (Wildman–Crippen LogP) is 1.28. The normalized spacial score (nSPS) is 23.6. The average Bonchev–Trinajstić information content (AvgIpc) is 2.48. The molecule has 5 nitrogen and oxygen atoms in total. The fourth-order valence-corrected chi connectivity index (χ4v) is 2.69. The largest absolute Gasteiger partial charge is 0.464 e. The standard InChI is InChI=1S/C15H23N3O2/c1-11-6-7-18(9-12(11)8-16)10-13-4-3-5-14(17-13)15(19)20-2/h3-5,11-12H,6-10,16H2,1-2H3. The number of methoxy groups -OCH3 is 1. The molecule has 1 aliphatic rings. The van der Waals surface area contributed by atoms with E-state index in [9.17, 15) is 4.79 Å². The summed E-state index contributed by atoms with van der Waals surface area (Å²) in [6.07, 6.45) is 1.17. The Morgan fingerprint density at radius 3 is 3.05 bits per heavy atom. The van der Waals surface area contributed by atoms with Gasteiger partial charge in [-0.25, -0.2) is 9.78 Å². The third kappa shape index (κ3) is 3.55. The molecule has 0 saturated carbocycles. The van der Waals surface area contributed by atoms with Crippen molar-refractivity contribution in [3.05, 3.63) is 29.6 Å². The number of rotatable bonds is 4. The number of esters is 1. The van der Waals surface area contributed by atoms with E-state index >= 15 is 0 Å². The number of carbonyl (C=O) groups excluding carboxylic acids is 1. The minimum Gasteiger partial charge on any atom is -0.464 e. The summed E-state index contributed by atoms with van der Waals surface area (Å²) in [4.78, 5) is 18.2. The Labute approximate surface area is 120 Å². The lowest BCUT2D eigenvalue weighted by molar-refractivity contribution is 0.0593. The van der Waals surface area contributed by atoms with Gasteiger partial charge in [0.25, 0.3) is 0 Å². The summed E-state index contributed by atoms with van der Waals surface area (Å²) in [5.74, 6) is 0.845. The predicted molar refractivity (Wildman–Crippen MR) is 77.2 cm³/mol. The van der Waals surface area contributed by atoms with Crippen LogP contribution in [0.4, 0.5) is 0 Å². The number of ether oxygens (including phenoxy) is 1. The van der Waals surface area contributed by atoms with Crippen molar-refractivity contribution < 1.29 is 9.53 Å². The Bertz CT molecular complexity index is 464. The molecule has 1 aromatic rings. The van der Waals surface area contributed by atoms with Crippen LogP contribution in [0, 0.1) is 11.8 Å². The number of likely N-dealkylation sites (tertiary alicyclic amines) is 1. The second-order valence-electron chi connectivity index (χ2n) is 5.50. The summed E-state index contributed by atoms with van der Waals surface area (Å²) in [7, 11) is 1.37. The first-order chi connectivity index (χ1) is 9.63. The number of carbonyl (C=O) groups is 1. The van der Waals surface area contributed by atoms with Crippen LogP contribution in [0.15, 0.2) is 18.2 Å². The zero-order valence-electron chi connectivity index (χ0n) is 12.2. The Morgan fingerprint density at radius 2 is 2.35 bits per heavy atom. The summed E-state index contributed by atoms with van der Waals surface area (Å²) in [5, 5.41) is 0. The Balaban J connectivity index is 2.01. The van der Waals surface area contributed by atoms with Crippen LogP contribution in [-0.2, 0) is 11.3 Å². The van der Waals surface area contributed by atoms with E-state index in [1.54, 1.807) is 6.07 Å². The summed E-state index contributed by atoms with van der Waals surface area (Å²) in [6.45, 7) is 5.82. The molecule has 0 radical (unpaired) electrons. The molecule has 1 aromatic heterocycles. The Kier molecular flexibility index (Phi) is 5.09. The van der Waals surface area contributed by atoms with Gasteiger partial charge in [0.15, 0.2) is 0 Å². The monoisotopic (exact) mass is 277 g/mol. The molecule has 0 amide bonds. The molecule has 1 fully saturated rings. The maximum Gasteiger partial charge on any atom is 0.356 e. The van der Waals surface area contributed by atoms with Crippen molar-refractivity contribution in [2.24, 2.45) is 17.6 Å². The average molecular weight is 277 g/mol. The molecule has 0 bridgehead atoms. The van der Waals surface area contributed by atoms with Crippen molar-refractivity contribution in [2.45, 2.75) is 19.9 Å². The highest BCUT2D eigenvalue weighted by Crippen LogP contribution is 2.23. The molecule has 1 saturated heterocycles. The first-order valence-electron chi connectivity index (χ1n) is 7.10. The molecular weight excluding hydrogens is 254 g/mol. The highest BCUT2D eigenvalue weighted by molar-refractivity contribution is 5.87. The van der Waals surface area contributed by atoms with Gasteiger partial charge in [-0.15, -0.1) is 0 Å². The molecule has 2 unspecified atom stereocenters. The van der Waals surface area contributed by atoms with Gasteiger partial charge in [0.2, 0.25) is 0 Å². The number of nitrogens with zero attached hydrogens (tertiary/aromatic N) is 2. The molecule has 2 rings (SSSR count). The first-order valence-corrected chi connectivity index (χ1v) is 7.10. The lowest BCUT2D eigenvalue weighted by atomic mass is 9.87. The first kappa shape index (κ1) is 14.9. The van der Waals surface area contributed by atoms with Crippen molar-refractivity contribution in [3.63, 3.8) is 0 Å². The second kappa shape index (κ2) is 6.81. The Morgan fingerprint density at radius 1 is 1.55 bits per heavy atom. The van der Waals surface area contributed by atoms with E-state index in [-0.39, 0.29) is 5.97 Å². The topological polar surface area (TPSA) is 68.5 Å². The molecule has 0 aliphatic carbocycles. The lowest BCUT2D eigenvalue weighted by Crippen LogP contribution is -2.42. The Hall–Kier alpha value is -1.46. The van der Waals surface area contributed by atoms with Crippen molar-refractivity contribution in [1.82, 2.24) is 9.88 Å². The van der Waals surface area contributed by atoms with E-state index in [4.69, 9.17) is 10.5 Å². The van der Waals surface area contributed by atoms with E-state index in [1.807, 2.05) is 12.1 Å². The quantitative estimate of drug-likeness (QED) is 0.840. The third-order valence-electron chi connectivity index (χ3n) is 4.09. The molecule has 5 heteroatoms. The number of piperidine rings is 1.